The Morgan fingerprint density at radius 1 is 1.00 bits per heavy atom. The molecule has 2 heterocycles. The van der Waals surface area contributed by atoms with Crippen LogP contribution in [0.5, 0.6) is 0 Å². The smallest absolute Gasteiger partial charge is 0.0723 e. The lowest BCUT2D eigenvalue weighted by atomic mass is 10.1. The van der Waals surface area contributed by atoms with Crippen LogP contribution >= 0.6 is 0 Å². The van der Waals surface area contributed by atoms with Gasteiger partial charge < -0.3 is 0 Å². The summed E-state index contributed by atoms with van der Waals surface area (Å²) < 4.78 is 0. The largest absolute Gasteiger partial charge is 0.264 e. The fraction of sp³-hybridized carbons (Fsp3) is 0.0667. The van der Waals surface area contributed by atoms with Gasteiger partial charge in [0.15, 0.2) is 0 Å². The number of pyridine rings is 2. The quantitative estimate of drug-likeness (QED) is 0.626. The summed E-state index contributed by atoms with van der Waals surface area (Å²) in [6.07, 6.45) is 5.55. The van der Waals surface area contributed by atoms with E-state index in [0.717, 1.165) is 11.3 Å². The Kier molecular flexibility index (Phi) is 2.33. The standard InChI is InChI=1S/C15H12N2/c1-11-4-2-5-12-8-15(17-10-14(11)12)13-6-3-7-16-9-13/h2-10H,1H3. The first-order valence-electron chi connectivity index (χ1n) is 5.60. The van der Waals surface area contributed by atoms with E-state index >= 15 is 0 Å². The molecule has 0 aliphatic carbocycles. The summed E-state index contributed by atoms with van der Waals surface area (Å²) in [5.41, 5.74) is 3.28. The van der Waals surface area contributed by atoms with Gasteiger partial charge in [0.05, 0.1) is 5.69 Å². The molecule has 0 unspecified atom stereocenters. The zero-order valence-corrected chi connectivity index (χ0v) is 9.59. The predicted octanol–water partition coefficient (Wildman–Crippen LogP) is 3.61. The average molecular weight is 220 g/mol. The second-order valence-corrected chi connectivity index (χ2v) is 4.11. The number of hydrogen-bond acceptors (Lipinski definition) is 2. The fourth-order valence-electron chi connectivity index (χ4n) is 2.00. The lowest BCUT2D eigenvalue weighted by molar-refractivity contribution is 1.29. The van der Waals surface area contributed by atoms with Gasteiger partial charge in [0.25, 0.3) is 0 Å². The molecule has 82 valence electrons. The maximum Gasteiger partial charge on any atom is 0.0723 e. The van der Waals surface area contributed by atoms with Crippen LogP contribution in [0.2, 0.25) is 0 Å². The summed E-state index contributed by atoms with van der Waals surface area (Å²) in [6, 6.07) is 12.4. The minimum absolute atomic E-state index is 0.969. The molecular weight excluding hydrogens is 208 g/mol. The van der Waals surface area contributed by atoms with E-state index in [1.54, 1.807) is 6.20 Å². The van der Waals surface area contributed by atoms with E-state index in [9.17, 15) is 0 Å². The van der Waals surface area contributed by atoms with E-state index in [1.807, 2.05) is 24.5 Å². The van der Waals surface area contributed by atoms with Crippen molar-refractivity contribution in [1.82, 2.24) is 9.97 Å². The Morgan fingerprint density at radius 3 is 2.76 bits per heavy atom. The van der Waals surface area contributed by atoms with Crippen molar-refractivity contribution in [3.63, 3.8) is 0 Å². The number of rotatable bonds is 1. The molecule has 0 fully saturated rings. The molecule has 0 atom stereocenters. The summed E-state index contributed by atoms with van der Waals surface area (Å²) in [5.74, 6) is 0. The van der Waals surface area contributed by atoms with Crippen LogP contribution in [0.4, 0.5) is 0 Å². The molecule has 2 nitrogen and oxygen atoms in total. The number of benzene rings is 1. The summed E-state index contributed by atoms with van der Waals surface area (Å²) in [4.78, 5) is 8.62. The van der Waals surface area contributed by atoms with Crippen LogP contribution in [0, 0.1) is 6.92 Å². The zero-order valence-electron chi connectivity index (χ0n) is 9.59. The first-order chi connectivity index (χ1) is 8.34. The molecule has 17 heavy (non-hydrogen) atoms. The highest BCUT2D eigenvalue weighted by Crippen LogP contribution is 2.22. The third-order valence-electron chi connectivity index (χ3n) is 2.94. The van der Waals surface area contributed by atoms with Crippen molar-refractivity contribution in [2.24, 2.45) is 0 Å². The maximum absolute atomic E-state index is 4.50. The average Bonchev–Trinajstić information content (AvgIpc) is 2.40. The first-order valence-corrected chi connectivity index (χ1v) is 5.60. The Bertz CT molecular complexity index is 660. The molecule has 3 rings (SSSR count). The fourth-order valence-corrected chi connectivity index (χ4v) is 2.00. The summed E-state index contributed by atoms with van der Waals surface area (Å²) in [5, 5.41) is 2.43. The van der Waals surface area contributed by atoms with Crippen molar-refractivity contribution in [2.45, 2.75) is 6.92 Å². The molecule has 0 aliphatic heterocycles. The lowest BCUT2D eigenvalue weighted by Gasteiger charge is -2.04. The van der Waals surface area contributed by atoms with Crippen molar-refractivity contribution in [3.05, 3.63) is 60.6 Å². The number of aromatic nitrogens is 2. The van der Waals surface area contributed by atoms with E-state index in [0.29, 0.717) is 0 Å². The SMILES string of the molecule is Cc1cccc2cc(-c3cccnc3)ncc12. The van der Waals surface area contributed by atoms with Crippen molar-refractivity contribution in [2.75, 3.05) is 0 Å². The van der Waals surface area contributed by atoms with Gasteiger partial charge in [0.2, 0.25) is 0 Å². The summed E-state index contributed by atoms with van der Waals surface area (Å²) in [7, 11) is 0. The second kappa shape index (κ2) is 3.98. The van der Waals surface area contributed by atoms with E-state index < -0.39 is 0 Å². The highest BCUT2D eigenvalue weighted by molar-refractivity contribution is 5.87. The number of nitrogens with zero attached hydrogens (tertiary/aromatic N) is 2. The highest BCUT2D eigenvalue weighted by Gasteiger charge is 2.02. The minimum Gasteiger partial charge on any atom is -0.264 e. The van der Waals surface area contributed by atoms with Crippen LogP contribution < -0.4 is 0 Å². The van der Waals surface area contributed by atoms with Crippen LogP contribution in [0.3, 0.4) is 0 Å². The van der Waals surface area contributed by atoms with E-state index in [4.69, 9.17) is 0 Å². The molecule has 1 aromatic carbocycles. The Hall–Kier alpha value is -2.22. The van der Waals surface area contributed by atoms with E-state index in [-0.39, 0.29) is 0 Å². The van der Waals surface area contributed by atoms with Gasteiger partial charge >= 0.3 is 0 Å². The van der Waals surface area contributed by atoms with Gasteiger partial charge in [-0.25, -0.2) is 0 Å². The number of aryl methyl sites for hydroxylation is 1. The molecule has 0 spiro atoms. The third kappa shape index (κ3) is 1.78. The molecule has 0 aliphatic rings. The molecule has 0 N–H and O–H groups in total. The Balaban J connectivity index is 2.21. The topological polar surface area (TPSA) is 25.8 Å². The summed E-state index contributed by atoms with van der Waals surface area (Å²) in [6.45, 7) is 2.10. The van der Waals surface area contributed by atoms with Crippen molar-refractivity contribution >= 4 is 10.8 Å². The molecular formula is C15H12N2. The highest BCUT2D eigenvalue weighted by atomic mass is 14.7. The van der Waals surface area contributed by atoms with Gasteiger partial charge in [-0.15, -0.1) is 0 Å². The lowest BCUT2D eigenvalue weighted by Crippen LogP contribution is -1.86. The molecule has 0 radical (unpaired) electrons. The maximum atomic E-state index is 4.50. The molecule has 2 aromatic heterocycles. The van der Waals surface area contributed by atoms with Crippen LogP contribution in [0.15, 0.2) is 55.0 Å². The molecule has 0 saturated heterocycles. The predicted molar refractivity (Wildman–Crippen MR) is 69.7 cm³/mol. The Morgan fingerprint density at radius 2 is 1.94 bits per heavy atom. The minimum atomic E-state index is 0.969. The van der Waals surface area contributed by atoms with Crippen LogP contribution in [0.1, 0.15) is 5.56 Å². The van der Waals surface area contributed by atoms with Crippen molar-refractivity contribution in [1.29, 1.82) is 0 Å². The van der Waals surface area contributed by atoms with Gasteiger partial charge in [-0.1, -0.05) is 18.2 Å². The number of fused-ring (bicyclic) bond motifs is 1. The Labute approximate surface area is 100.0 Å². The van der Waals surface area contributed by atoms with Crippen molar-refractivity contribution < 1.29 is 0 Å². The van der Waals surface area contributed by atoms with E-state index in [1.165, 1.54) is 16.3 Å². The van der Waals surface area contributed by atoms with Gasteiger partial charge in [-0.05, 0) is 36.1 Å². The van der Waals surface area contributed by atoms with Crippen LogP contribution in [0.25, 0.3) is 22.0 Å². The van der Waals surface area contributed by atoms with Gasteiger partial charge in [-0.3, -0.25) is 9.97 Å². The molecule has 0 bridgehead atoms. The molecule has 0 amide bonds. The first kappa shape index (κ1) is 9.97. The monoisotopic (exact) mass is 220 g/mol. The second-order valence-electron chi connectivity index (χ2n) is 4.11. The normalized spacial score (nSPS) is 10.6. The van der Waals surface area contributed by atoms with Gasteiger partial charge in [-0.2, -0.15) is 0 Å². The van der Waals surface area contributed by atoms with E-state index in [2.05, 4.69) is 41.2 Å². The molecule has 2 heteroatoms. The third-order valence-corrected chi connectivity index (χ3v) is 2.94. The zero-order chi connectivity index (χ0) is 11.7. The van der Waals surface area contributed by atoms with Crippen molar-refractivity contribution in [3.8, 4) is 11.3 Å². The van der Waals surface area contributed by atoms with Crippen LogP contribution in [-0.2, 0) is 0 Å². The molecule has 0 saturated carbocycles. The number of hydrogen-bond donors (Lipinski definition) is 0. The molecule has 3 aromatic rings. The van der Waals surface area contributed by atoms with Gasteiger partial charge in [0.1, 0.15) is 0 Å². The summed E-state index contributed by atoms with van der Waals surface area (Å²) >= 11 is 0. The van der Waals surface area contributed by atoms with Crippen LogP contribution in [-0.4, -0.2) is 9.97 Å². The van der Waals surface area contributed by atoms with Gasteiger partial charge in [0, 0.05) is 29.5 Å².